The van der Waals surface area contributed by atoms with E-state index in [-0.39, 0.29) is 11.4 Å². The number of rotatable bonds is 2. The van der Waals surface area contributed by atoms with E-state index in [1.54, 1.807) is 13.1 Å². The van der Waals surface area contributed by atoms with Gasteiger partial charge in [-0.15, -0.1) is 9.73 Å². The summed E-state index contributed by atoms with van der Waals surface area (Å²) in [4.78, 5) is 14.8. The van der Waals surface area contributed by atoms with Gasteiger partial charge in [-0.25, -0.2) is 4.79 Å². The van der Waals surface area contributed by atoms with Gasteiger partial charge in [0.15, 0.2) is 11.5 Å². The summed E-state index contributed by atoms with van der Waals surface area (Å²) in [5.41, 5.74) is 2.63. The number of anilines is 1. The zero-order valence-corrected chi connectivity index (χ0v) is 14.7. The Morgan fingerprint density at radius 1 is 1.25 bits per heavy atom. The minimum absolute atomic E-state index is 0.176. The van der Waals surface area contributed by atoms with Crippen molar-refractivity contribution in [2.45, 2.75) is 26.2 Å². The predicted octanol–water partition coefficient (Wildman–Crippen LogP) is 3.43. The van der Waals surface area contributed by atoms with Crippen molar-refractivity contribution in [3.05, 3.63) is 35.0 Å². The number of benzene rings is 1. The first kappa shape index (κ1) is 16.3. The summed E-state index contributed by atoms with van der Waals surface area (Å²) < 4.78 is 1.49. The Bertz CT molecular complexity index is 905. The van der Waals surface area contributed by atoms with Crippen LogP contribution in [0, 0.1) is 0 Å². The molecule has 24 heavy (non-hydrogen) atoms. The molecule has 0 aliphatic rings. The monoisotopic (exact) mass is 346 g/mol. The number of aromatic nitrogens is 4. The SMILES string of the molecule is CNC(=O)Nc1ccccc1-c1nn2nc(C(C)(C)C)c(Cl)c2[nH]1. The third-order valence-electron chi connectivity index (χ3n) is 3.61. The van der Waals surface area contributed by atoms with Crippen LogP contribution in [-0.2, 0) is 5.41 Å². The van der Waals surface area contributed by atoms with E-state index in [0.717, 1.165) is 11.3 Å². The fraction of sp³-hybridized carbons (Fsp3) is 0.312. The number of hydrogen-bond donors (Lipinski definition) is 3. The molecule has 3 N–H and O–H groups in total. The highest BCUT2D eigenvalue weighted by molar-refractivity contribution is 6.34. The van der Waals surface area contributed by atoms with Gasteiger partial charge < -0.3 is 15.6 Å². The Morgan fingerprint density at radius 3 is 2.58 bits per heavy atom. The fourth-order valence-electron chi connectivity index (χ4n) is 2.38. The minimum Gasteiger partial charge on any atom is -0.341 e. The lowest BCUT2D eigenvalue weighted by molar-refractivity contribution is 0.254. The molecule has 0 atom stereocenters. The zero-order chi connectivity index (χ0) is 17.5. The molecule has 0 fully saturated rings. The molecule has 8 heteroatoms. The molecule has 2 amide bonds. The van der Waals surface area contributed by atoms with E-state index in [1.165, 1.54) is 4.63 Å². The molecule has 0 unspecified atom stereocenters. The van der Waals surface area contributed by atoms with Gasteiger partial charge in [-0.3, -0.25) is 0 Å². The number of carbonyl (C=O) groups excluding carboxylic acids is 1. The van der Waals surface area contributed by atoms with E-state index >= 15 is 0 Å². The van der Waals surface area contributed by atoms with Crippen LogP contribution in [0.25, 0.3) is 17.0 Å². The minimum atomic E-state index is -0.299. The first-order valence-corrected chi connectivity index (χ1v) is 7.92. The molecule has 0 saturated carbocycles. The standard InChI is InChI=1S/C16H19ClN6O/c1-16(2,3)12-11(17)14-20-13(22-23(14)21-12)9-7-5-6-8-10(9)19-15(24)18-4/h5-8H,1-4H3,(H,20,22)(H2,18,19,24). The Balaban J connectivity index is 2.07. The van der Waals surface area contributed by atoms with Crippen LogP contribution in [0.1, 0.15) is 26.5 Å². The number of aromatic amines is 1. The number of nitrogens with one attached hydrogen (secondary N) is 3. The number of H-pyrrole nitrogens is 1. The first-order chi connectivity index (χ1) is 11.3. The molecule has 0 spiro atoms. The van der Waals surface area contributed by atoms with Gasteiger partial charge in [0, 0.05) is 18.0 Å². The number of para-hydroxylation sites is 1. The average Bonchev–Trinajstić information content (AvgIpc) is 3.07. The van der Waals surface area contributed by atoms with Crippen molar-refractivity contribution in [2.24, 2.45) is 0 Å². The van der Waals surface area contributed by atoms with Gasteiger partial charge >= 0.3 is 6.03 Å². The van der Waals surface area contributed by atoms with Crippen molar-refractivity contribution in [1.82, 2.24) is 25.1 Å². The van der Waals surface area contributed by atoms with Crippen LogP contribution in [0.2, 0.25) is 5.02 Å². The highest BCUT2D eigenvalue weighted by atomic mass is 35.5. The number of nitrogens with zero attached hydrogens (tertiary/aromatic N) is 3. The van der Waals surface area contributed by atoms with Gasteiger partial charge in [0.05, 0.1) is 11.4 Å². The summed E-state index contributed by atoms with van der Waals surface area (Å²) in [6, 6.07) is 7.08. The number of urea groups is 1. The van der Waals surface area contributed by atoms with Crippen molar-refractivity contribution in [3.8, 4) is 11.4 Å². The van der Waals surface area contributed by atoms with E-state index in [9.17, 15) is 4.79 Å². The number of carbonyl (C=O) groups is 1. The summed E-state index contributed by atoms with van der Waals surface area (Å²) in [6.45, 7) is 6.14. The molecule has 2 heterocycles. The van der Waals surface area contributed by atoms with Crippen molar-refractivity contribution >= 4 is 29.0 Å². The Morgan fingerprint density at radius 2 is 1.96 bits per heavy atom. The maximum atomic E-state index is 11.6. The van der Waals surface area contributed by atoms with Crippen LogP contribution in [-0.4, -0.2) is 32.9 Å². The van der Waals surface area contributed by atoms with Crippen molar-refractivity contribution in [1.29, 1.82) is 0 Å². The van der Waals surface area contributed by atoms with Crippen LogP contribution in [0.5, 0.6) is 0 Å². The Hall–Kier alpha value is -2.54. The average molecular weight is 347 g/mol. The number of halogens is 1. The van der Waals surface area contributed by atoms with Crippen molar-refractivity contribution in [2.75, 3.05) is 12.4 Å². The molecule has 0 radical (unpaired) electrons. The highest BCUT2D eigenvalue weighted by Gasteiger charge is 2.25. The molecule has 1 aromatic carbocycles. The van der Waals surface area contributed by atoms with E-state index in [2.05, 4.69) is 25.8 Å². The van der Waals surface area contributed by atoms with Gasteiger partial charge in [-0.05, 0) is 12.1 Å². The second-order valence-electron chi connectivity index (χ2n) is 6.47. The number of amides is 2. The van der Waals surface area contributed by atoms with Gasteiger partial charge in [0.1, 0.15) is 5.02 Å². The van der Waals surface area contributed by atoms with Crippen LogP contribution in [0.4, 0.5) is 10.5 Å². The van der Waals surface area contributed by atoms with Gasteiger partial charge in [-0.1, -0.05) is 44.5 Å². The van der Waals surface area contributed by atoms with Gasteiger partial charge in [-0.2, -0.15) is 5.10 Å². The lowest BCUT2D eigenvalue weighted by Crippen LogP contribution is -2.24. The van der Waals surface area contributed by atoms with E-state index < -0.39 is 0 Å². The van der Waals surface area contributed by atoms with Gasteiger partial charge in [0.25, 0.3) is 0 Å². The molecule has 2 aromatic heterocycles. The van der Waals surface area contributed by atoms with E-state index in [0.29, 0.717) is 22.2 Å². The first-order valence-electron chi connectivity index (χ1n) is 7.54. The summed E-state index contributed by atoms with van der Waals surface area (Å²) in [6.07, 6.45) is 0. The summed E-state index contributed by atoms with van der Waals surface area (Å²) in [7, 11) is 1.56. The lowest BCUT2D eigenvalue weighted by Gasteiger charge is -2.14. The summed E-state index contributed by atoms with van der Waals surface area (Å²) >= 11 is 6.45. The molecule has 0 saturated heterocycles. The van der Waals surface area contributed by atoms with Gasteiger partial charge in [0.2, 0.25) is 0 Å². The van der Waals surface area contributed by atoms with Crippen LogP contribution >= 0.6 is 11.6 Å². The van der Waals surface area contributed by atoms with Crippen LogP contribution in [0.3, 0.4) is 0 Å². The third kappa shape index (κ3) is 2.82. The fourth-order valence-corrected chi connectivity index (χ4v) is 2.83. The summed E-state index contributed by atoms with van der Waals surface area (Å²) in [5, 5.41) is 14.8. The van der Waals surface area contributed by atoms with E-state index in [4.69, 9.17) is 11.6 Å². The third-order valence-corrected chi connectivity index (χ3v) is 3.97. The summed E-state index contributed by atoms with van der Waals surface area (Å²) in [5.74, 6) is 0.576. The topological polar surface area (TPSA) is 87.1 Å². The quantitative estimate of drug-likeness (QED) is 0.664. The second kappa shape index (κ2) is 5.83. The largest absolute Gasteiger partial charge is 0.341 e. The lowest BCUT2D eigenvalue weighted by atomic mass is 9.92. The second-order valence-corrected chi connectivity index (χ2v) is 6.85. The molecule has 0 aliphatic heterocycles. The normalized spacial score (nSPS) is 11.7. The maximum Gasteiger partial charge on any atom is 0.318 e. The van der Waals surface area contributed by atoms with E-state index in [1.807, 2.05) is 39.0 Å². The number of hydrogen-bond acceptors (Lipinski definition) is 3. The predicted molar refractivity (Wildman–Crippen MR) is 94.6 cm³/mol. The zero-order valence-electron chi connectivity index (χ0n) is 13.9. The molecular weight excluding hydrogens is 328 g/mol. The molecule has 3 rings (SSSR count). The molecule has 126 valence electrons. The van der Waals surface area contributed by atoms with Crippen LogP contribution in [0.15, 0.2) is 24.3 Å². The molecule has 7 nitrogen and oxygen atoms in total. The maximum absolute atomic E-state index is 11.6. The van der Waals surface area contributed by atoms with Crippen molar-refractivity contribution in [3.63, 3.8) is 0 Å². The molecule has 0 bridgehead atoms. The Labute approximate surface area is 144 Å². The van der Waals surface area contributed by atoms with Crippen molar-refractivity contribution < 1.29 is 4.79 Å². The molecule has 3 aromatic rings. The van der Waals surface area contributed by atoms with Crippen LogP contribution < -0.4 is 10.6 Å². The molecule has 0 aliphatic carbocycles. The number of fused-ring (bicyclic) bond motifs is 1. The highest BCUT2D eigenvalue weighted by Crippen LogP contribution is 2.33. The molecular formula is C16H19ClN6O. The Kier molecular flexibility index (Phi) is 3.96. The smallest absolute Gasteiger partial charge is 0.318 e.